The SMILES string of the molecule is c1ccc(-c2nc3ccccc3n2-c2ccc(-c3nc(-c4ccc(-n5c(-c6ccccc6)nc6ccccc65)cc4)c4cc(-c5cc6ccccc6c6ccccc56)cc(-c5cc6ccccc6c6ccccc56)c4n3)cc2)cc1. The standard InChI is InChI=1S/C74H46N6/c1-3-19-49(20-4-1)73-75-66-31-15-17-33-68(66)79(73)54-39-35-47(36-40-54)70-65-46-53(62-43-51-23-7-9-25-56(51)58-27-11-13-29-60(58)62)45-64(63-44-52-24-8-10-26-57(52)59-28-12-14-30-61(59)63)71(65)78-72(77-70)48-37-41-55(42-38-48)80-69-34-18-16-32-67(69)76-74(80)50-21-5-2-6-22-50/h1-46H. The van der Waals surface area contributed by atoms with Gasteiger partial charge in [-0.25, -0.2) is 19.9 Å². The molecule has 3 heterocycles. The van der Waals surface area contributed by atoms with Crippen molar-refractivity contribution in [2.45, 2.75) is 0 Å². The molecule has 6 nitrogen and oxygen atoms in total. The van der Waals surface area contributed by atoms with Crippen LogP contribution >= 0.6 is 0 Å². The first-order chi connectivity index (χ1) is 39.7. The van der Waals surface area contributed by atoms with E-state index in [2.05, 4.69) is 270 Å². The first-order valence-electron chi connectivity index (χ1n) is 27.1. The summed E-state index contributed by atoms with van der Waals surface area (Å²) < 4.78 is 4.51. The molecule has 3 aromatic heterocycles. The number of hydrogen-bond donors (Lipinski definition) is 0. The van der Waals surface area contributed by atoms with Crippen LogP contribution in [0.15, 0.2) is 279 Å². The average molecular weight is 1020 g/mol. The fourth-order valence-electron chi connectivity index (χ4n) is 12.2. The van der Waals surface area contributed by atoms with Crippen LogP contribution < -0.4 is 0 Å². The van der Waals surface area contributed by atoms with Crippen LogP contribution in [-0.4, -0.2) is 29.1 Å². The smallest absolute Gasteiger partial charge is 0.160 e. The van der Waals surface area contributed by atoms with E-state index in [0.717, 1.165) is 112 Å². The maximum absolute atomic E-state index is 5.74. The van der Waals surface area contributed by atoms with Crippen LogP contribution in [0.25, 0.3) is 155 Å². The van der Waals surface area contributed by atoms with Crippen LogP contribution in [0, 0.1) is 0 Å². The van der Waals surface area contributed by atoms with Gasteiger partial charge in [0, 0.05) is 44.6 Å². The van der Waals surface area contributed by atoms with Crippen LogP contribution in [0.4, 0.5) is 0 Å². The normalized spacial score (nSPS) is 11.8. The molecule has 0 N–H and O–H groups in total. The molecule has 372 valence electrons. The topological polar surface area (TPSA) is 61.4 Å². The molecule has 0 unspecified atom stereocenters. The van der Waals surface area contributed by atoms with Gasteiger partial charge in [0.25, 0.3) is 0 Å². The van der Waals surface area contributed by atoms with Crippen LogP contribution in [0.3, 0.4) is 0 Å². The molecule has 0 bridgehead atoms. The number of rotatable bonds is 8. The molecule has 0 aliphatic rings. The number of hydrogen-bond acceptors (Lipinski definition) is 4. The lowest BCUT2D eigenvalue weighted by atomic mass is 9.87. The number of fused-ring (bicyclic) bond motifs is 9. The molecule has 0 saturated carbocycles. The summed E-state index contributed by atoms with van der Waals surface area (Å²) in [5, 5.41) is 10.5. The zero-order valence-electron chi connectivity index (χ0n) is 43.2. The predicted octanol–water partition coefficient (Wildman–Crippen LogP) is 18.9. The van der Waals surface area contributed by atoms with Gasteiger partial charge in [-0.05, 0) is 145 Å². The quantitative estimate of drug-likeness (QED) is 0.142. The highest BCUT2D eigenvalue weighted by Gasteiger charge is 2.23. The Morgan fingerprint density at radius 2 is 0.688 bits per heavy atom. The first kappa shape index (κ1) is 45.4. The Balaban J connectivity index is 0.968. The molecular formula is C74H46N6. The van der Waals surface area contributed by atoms with Crippen molar-refractivity contribution in [3.05, 3.63) is 279 Å². The highest BCUT2D eigenvalue weighted by atomic mass is 15.1. The average Bonchev–Trinajstić information content (AvgIpc) is 4.18. The first-order valence-corrected chi connectivity index (χ1v) is 27.1. The summed E-state index contributed by atoms with van der Waals surface area (Å²) in [6.45, 7) is 0. The van der Waals surface area contributed by atoms with Gasteiger partial charge in [-0.3, -0.25) is 9.13 Å². The Kier molecular flexibility index (Phi) is 10.5. The Morgan fingerprint density at radius 3 is 1.24 bits per heavy atom. The summed E-state index contributed by atoms with van der Waals surface area (Å²) >= 11 is 0. The molecule has 6 heteroatoms. The lowest BCUT2D eigenvalue weighted by Gasteiger charge is -2.19. The monoisotopic (exact) mass is 1020 g/mol. The largest absolute Gasteiger partial charge is 0.292 e. The van der Waals surface area contributed by atoms with Gasteiger partial charge in [-0.2, -0.15) is 0 Å². The van der Waals surface area contributed by atoms with Crippen LogP contribution in [0.2, 0.25) is 0 Å². The Morgan fingerprint density at radius 1 is 0.250 bits per heavy atom. The van der Waals surface area contributed by atoms with Crippen molar-refractivity contribution in [1.82, 2.24) is 29.1 Å². The number of benzene rings is 13. The third-order valence-electron chi connectivity index (χ3n) is 15.9. The molecule has 0 radical (unpaired) electrons. The van der Waals surface area contributed by atoms with Gasteiger partial charge >= 0.3 is 0 Å². The molecule has 0 amide bonds. The zero-order chi connectivity index (χ0) is 52.7. The summed E-state index contributed by atoms with van der Waals surface area (Å²) in [4.78, 5) is 21.8. The van der Waals surface area contributed by atoms with Crippen molar-refractivity contribution < 1.29 is 0 Å². The Bertz CT molecular complexity index is 5100. The molecule has 0 fully saturated rings. The fourth-order valence-corrected chi connectivity index (χ4v) is 12.2. The molecule has 0 saturated heterocycles. The maximum Gasteiger partial charge on any atom is 0.160 e. The number of para-hydroxylation sites is 4. The predicted molar refractivity (Wildman–Crippen MR) is 331 cm³/mol. The molecule has 80 heavy (non-hydrogen) atoms. The van der Waals surface area contributed by atoms with Crippen molar-refractivity contribution in [2.75, 3.05) is 0 Å². The van der Waals surface area contributed by atoms with Crippen LogP contribution in [0.1, 0.15) is 0 Å². The highest BCUT2D eigenvalue weighted by Crippen LogP contribution is 2.45. The summed E-state index contributed by atoms with van der Waals surface area (Å²) in [6, 6.07) is 99.5. The summed E-state index contributed by atoms with van der Waals surface area (Å²) in [5.41, 5.74) is 16.0. The van der Waals surface area contributed by atoms with Gasteiger partial charge in [0.1, 0.15) is 11.6 Å². The molecule has 0 aliphatic carbocycles. The minimum atomic E-state index is 0.629. The van der Waals surface area contributed by atoms with E-state index in [1.54, 1.807) is 0 Å². The summed E-state index contributed by atoms with van der Waals surface area (Å²) in [7, 11) is 0. The molecule has 0 aliphatic heterocycles. The number of imidazole rings is 2. The molecule has 16 aromatic rings. The molecule has 13 aromatic carbocycles. The molecule has 0 atom stereocenters. The van der Waals surface area contributed by atoms with Gasteiger partial charge in [0.15, 0.2) is 5.82 Å². The fraction of sp³-hybridized carbons (Fsp3) is 0. The second-order valence-corrected chi connectivity index (χ2v) is 20.5. The van der Waals surface area contributed by atoms with Gasteiger partial charge in [0.2, 0.25) is 0 Å². The van der Waals surface area contributed by atoms with E-state index in [4.69, 9.17) is 19.9 Å². The lowest BCUT2D eigenvalue weighted by Crippen LogP contribution is -2.00. The summed E-state index contributed by atoms with van der Waals surface area (Å²) in [5.74, 6) is 2.40. The van der Waals surface area contributed by atoms with Gasteiger partial charge in [0.05, 0.1) is 33.3 Å². The molecule has 0 spiro atoms. The van der Waals surface area contributed by atoms with Crippen molar-refractivity contribution in [1.29, 1.82) is 0 Å². The molecule has 16 rings (SSSR count). The number of aromatic nitrogens is 6. The minimum absolute atomic E-state index is 0.629. The van der Waals surface area contributed by atoms with Crippen molar-refractivity contribution in [3.63, 3.8) is 0 Å². The van der Waals surface area contributed by atoms with E-state index in [-0.39, 0.29) is 0 Å². The van der Waals surface area contributed by atoms with Crippen LogP contribution in [0.5, 0.6) is 0 Å². The van der Waals surface area contributed by atoms with Crippen LogP contribution in [-0.2, 0) is 0 Å². The van der Waals surface area contributed by atoms with Crippen molar-refractivity contribution in [3.8, 4) is 79.0 Å². The highest BCUT2D eigenvalue weighted by molar-refractivity contribution is 6.19. The van der Waals surface area contributed by atoms with Crippen molar-refractivity contribution >= 4 is 76.1 Å². The minimum Gasteiger partial charge on any atom is -0.292 e. The second kappa shape index (κ2) is 18.4. The van der Waals surface area contributed by atoms with Gasteiger partial charge < -0.3 is 0 Å². The summed E-state index contributed by atoms with van der Waals surface area (Å²) in [6.07, 6.45) is 0. The third-order valence-corrected chi connectivity index (χ3v) is 15.9. The third kappa shape index (κ3) is 7.42. The van der Waals surface area contributed by atoms with E-state index >= 15 is 0 Å². The van der Waals surface area contributed by atoms with E-state index < -0.39 is 0 Å². The van der Waals surface area contributed by atoms with E-state index in [1.807, 2.05) is 18.2 Å². The van der Waals surface area contributed by atoms with Gasteiger partial charge in [-0.15, -0.1) is 0 Å². The van der Waals surface area contributed by atoms with E-state index in [0.29, 0.717) is 5.82 Å². The maximum atomic E-state index is 5.74. The second-order valence-electron chi connectivity index (χ2n) is 20.5. The lowest BCUT2D eigenvalue weighted by molar-refractivity contribution is 1.10. The van der Waals surface area contributed by atoms with Crippen molar-refractivity contribution in [2.24, 2.45) is 0 Å². The van der Waals surface area contributed by atoms with E-state index in [1.165, 1.54) is 37.7 Å². The van der Waals surface area contributed by atoms with E-state index in [9.17, 15) is 0 Å². The molecular weight excluding hydrogens is 973 g/mol. The zero-order valence-corrected chi connectivity index (χ0v) is 43.2. The Labute approximate surface area is 460 Å². The number of nitrogens with zero attached hydrogens (tertiary/aromatic N) is 6. The Hall–Kier alpha value is -10.8. The van der Waals surface area contributed by atoms with Gasteiger partial charge in [-0.1, -0.05) is 194 Å².